The van der Waals surface area contributed by atoms with E-state index in [9.17, 15) is 18.0 Å². The van der Waals surface area contributed by atoms with Gasteiger partial charge in [-0.25, -0.2) is 0 Å². The molecule has 0 unspecified atom stereocenters. The Bertz CT molecular complexity index is 902. The van der Waals surface area contributed by atoms with Gasteiger partial charge in [-0.1, -0.05) is 12.1 Å². The fourth-order valence-electron chi connectivity index (χ4n) is 4.54. The van der Waals surface area contributed by atoms with Crippen molar-refractivity contribution in [2.24, 2.45) is 0 Å². The van der Waals surface area contributed by atoms with Gasteiger partial charge in [0, 0.05) is 17.4 Å². The Labute approximate surface area is 178 Å². The highest BCUT2D eigenvalue weighted by Crippen LogP contribution is 2.43. The van der Waals surface area contributed by atoms with Gasteiger partial charge in [0.15, 0.2) is 0 Å². The van der Waals surface area contributed by atoms with E-state index in [4.69, 9.17) is 4.74 Å². The van der Waals surface area contributed by atoms with Crippen molar-refractivity contribution in [1.29, 1.82) is 0 Å². The molecule has 2 aliphatic rings. The van der Waals surface area contributed by atoms with Gasteiger partial charge in [-0.05, 0) is 43.4 Å². The summed E-state index contributed by atoms with van der Waals surface area (Å²) in [5.74, 6) is -0.127. The van der Waals surface area contributed by atoms with Crippen LogP contribution in [0, 0.1) is 0 Å². The molecule has 1 aliphatic carbocycles. The first-order chi connectivity index (χ1) is 14.3. The lowest BCUT2D eigenvalue weighted by Gasteiger charge is -2.33. The van der Waals surface area contributed by atoms with Crippen molar-refractivity contribution in [1.82, 2.24) is 0 Å². The van der Waals surface area contributed by atoms with Gasteiger partial charge in [0.2, 0.25) is 5.91 Å². The van der Waals surface area contributed by atoms with Crippen molar-refractivity contribution >= 4 is 22.2 Å². The number of alkyl halides is 3. The van der Waals surface area contributed by atoms with Gasteiger partial charge in [0.05, 0.1) is 24.3 Å². The average molecular weight is 440 g/mol. The van der Waals surface area contributed by atoms with Crippen LogP contribution in [0.1, 0.15) is 52.9 Å². The van der Waals surface area contributed by atoms with E-state index in [1.807, 2.05) is 0 Å². The Hall–Kier alpha value is -1.90. The number of carbonyl (C=O) groups is 1. The van der Waals surface area contributed by atoms with Gasteiger partial charge in [0.1, 0.15) is 24.1 Å². The molecule has 0 bridgehead atoms. The second kappa shape index (κ2) is 8.69. The highest BCUT2D eigenvalue weighted by atomic mass is 32.1. The van der Waals surface area contributed by atoms with Crippen molar-refractivity contribution in [3.63, 3.8) is 0 Å². The molecule has 4 rings (SSSR count). The van der Waals surface area contributed by atoms with Crippen LogP contribution < -0.4 is 10.2 Å². The smallest absolute Gasteiger partial charge is 0.370 e. The summed E-state index contributed by atoms with van der Waals surface area (Å²) in [6.07, 6.45) is -0.203. The number of hydrogen-bond acceptors (Lipinski definition) is 3. The number of aryl methyl sites for hydroxylation is 1. The molecule has 1 saturated heterocycles. The third kappa shape index (κ3) is 4.40. The van der Waals surface area contributed by atoms with E-state index in [1.54, 1.807) is 23.5 Å². The number of nitrogens with one attached hydrogen (secondary N) is 2. The van der Waals surface area contributed by atoms with E-state index in [1.165, 1.54) is 34.4 Å². The van der Waals surface area contributed by atoms with Crippen LogP contribution in [-0.4, -0.2) is 32.2 Å². The molecule has 8 heteroatoms. The number of hydrogen-bond donors (Lipinski definition) is 2. The largest absolute Gasteiger partial charge is 0.416 e. The molecule has 1 fully saturated rings. The van der Waals surface area contributed by atoms with Crippen molar-refractivity contribution in [3.05, 3.63) is 51.4 Å². The number of ether oxygens (including phenoxy) is 1. The molecule has 1 amide bonds. The molecule has 0 saturated carbocycles. The number of morpholine rings is 1. The summed E-state index contributed by atoms with van der Waals surface area (Å²) < 4.78 is 44.9. The van der Waals surface area contributed by atoms with Gasteiger partial charge in [-0.3, -0.25) is 4.79 Å². The van der Waals surface area contributed by atoms with Gasteiger partial charge in [-0.2, -0.15) is 13.2 Å². The molecular weight excluding hydrogens is 413 g/mol. The zero-order valence-corrected chi connectivity index (χ0v) is 17.7. The zero-order valence-electron chi connectivity index (χ0n) is 16.9. The fraction of sp³-hybridized carbons (Fsp3) is 0.500. The lowest BCUT2D eigenvalue weighted by molar-refractivity contribution is -0.933. The van der Waals surface area contributed by atoms with Crippen LogP contribution in [0.5, 0.6) is 0 Å². The summed E-state index contributed by atoms with van der Waals surface area (Å²) in [4.78, 5) is 14.5. The van der Waals surface area contributed by atoms with Crippen LogP contribution in [0.2, 0.25) is 0 Å². The maximum Gasteiger partial charge on any atom is 0.416 e. The molecular formula is C22H26F3N2O2S+. The minimum Gasteiger partial charge on any atom is -0.370 e. The van der Waals surface area contributed by atoms with Crippen molar-refractivity contribution < 1.29 is 27.6 Å². The molecule has 0 spiro atoms. The topological polar surface area (TPSA) is 42.8 Å². The molecule has 1 atom stereocenters. The highest BCUT2D eigenvalue weighted by Gasteiger charge is 2.36. The minimum atomic E-state index is -4.36. The summed E-state index contributed by atoms with van der Waals surface area (Å²) >= 11 is 1.63. The third-order valence-electron chi connectivity index (χ3n) is 5.91. The van der Waals surface area contributed by atoms with Gasteiger partial charge in [-0.15, -0.1) is 11.3 Å². The van der Waals surface area contributed by atoms with E-state index < -0.39 is 11.7 Å². The molecule has 1 aromatic carbocycles. The number of fused-ring (bicyclic) bond motifs is 1. The number of rotatable bonds is 4. The quantitative estimate of drug-likeness (QED) is 0.765. The maximum atomic E-state index is 13.1. The highest BCUT2D eigenvalue weighted by molar-refractivity contribution is 7.16. The molecule has 30 heavy (non-hydrogen) atoms. The van der Waals surface area contributed by atoms with Crippen LogP contribution >= 0.6 is 11.3 Å². The summed E-state index contributed by atoms with van der Waals surface area (Å²) in [5, 5.41) is 3.86. The standard InChI is InChI=1S/C22H25F3N2O2S/c1-14(28)26-21-19(17-4-2-3-5-18(17)30-21)20(27-10-12-29-13-11-27)15-6-8-16(9-7-15)22(23,24)25/h6-9,20H,2-5,10-13H2,1H3,(H,26,28)/p+1/t20-/m0/s1. The Morgan fingerprint density at radius 3 is 2.43 bits per heavy atom. The first-order valence-corrected chi connectivity index (χ1v) is 11.2. The monoisotopic (exact) mass is 439 g/mol. The molecule has 2 N–H and O–H groups in total. The maximum absolute atomic E-state index is 13.1. The number of carbonyl (C=O) groups excluding carboxylic acids is 1. The number of halogens is 3. The second-order valence-corrected chi connectivity index (χ2v) is 9.06. The van der Waals surface area contributed by atoms with Crippen LogP contribution in [0.15, 0.2) is 24.3 Å². The molecule has 4 nitrogen and oxygen atoms in total. The van der Waals surface area contributed by atoms with Gasteiger partial charge < -0.3 is 15.0 Å². The number of benzene rings is 1. The Kier molecular flexibility index (Phi) is 6.18. The van der Waals surface area contributed by atoms with Crippen molar-refractivity contribution in [3.8, 4) is 0 Å². The predicted octanol–water partition coefficient (Wildman–Crippen LogP) is 3.61. The fourth-order valence-corrected chi connectivity index (χ4v) is 5.92. The first kappa shape index (κ1) is 21.3. The normalized spacial score (nSPS) is 18.7. The zero-order chi connectivity index (χ0) is 21.3. The molecule has 1 aliphatic heterocycles. The molecule has 0 radical (unpaired) electrons. The number of quaternary nitrogens is 1. The number of anilines is 1. The Morgan fingerprint density at radius 2 is 1.80 bits per heavy atom. The van der Waals surface area contributed by atoms with Crippen LogP contribution in [0.25, 0.3) is 0 Å². The SMILES string of the molecule is CC(=O)Nc1sc2c(c1[C@H](c1ccc(C(F)(F)F)cc1)[NH+]1CCOCC1)CCCC2. The summed E-state index contributed by atoms with van der Waals surface area (Å²) in [6, 6.07) is 5.40. The van der Waals surface area contributed by atoms with Crippen molar-refractivity contribution in [2.75, 3.05) is 31.6 Å². The third-order valence-corrected chi connectivity index (χ3v) is 7.13. The molecule has 2 aromatic rings. The van der Waals surface area contributed by atoms with Crippen LogP contribution in [-0.2, 0) is 28.5 Å². The first-order valence-electron chi connectivity index (χ1n) is 10.4. The van der Waals surface area contributed by atoms with E-state index in [0.717, 1.165) is 54.9 Å². The van der Waals surface area contributed by atoms with E-state index >= 15 is 0 Å². The van der Waals surface area contributed by atoms with E-state index in [-0.39, 0.29) is 11.9 Å². The Balaban J connectivity index is 1.82. The lowest BCUT2D eigenvalue weighted by atomic mass is 9.88. The van der Waals surface area contributed by atoms with Crippen LogP contribution in [0.3, 0.4) is 0 Å². The van der Waals surface area contributed by atoms with Gasteiger partial charge >= 0.3 is 6.18 Å². The van der Waals surface area contributed by atoms with Crippen LogP contribution in [0.4, 0.5) is 18.2 Å². The summed E-state index contributed by atoms with van der Waals surface area (Å²) in [6.45, 7) is 4.28. The predicted molar refractivity (Wildman–Crippen MR) is 110 cm³/mol. The average Bonchev–Trinajstić information content (AvgIpc) is 3.06. The van der Waals surface area contributed by atoms with E-state index in [0.29, 0.717) is 13.2 Å². The van der Waals surface area contributed by atoms with E-state index in [2.05, 4.69) is 5.32 Å². The molecule has 162 valence electrons. The second-order valence-electron chi connectivity index (χ2n) is 7.96. The minimum absolute atomic E-state index is 0.127. The molecule has 1 aromatic heterocycles. The van der Waals surface area contributed by atoms with Gasteiger partial charge in [0.25, 0.3) is 0 Å². The van der Waals surface area contributed by atoms with Crippen molar-refractivity contribution in [2.45, 2.75) is 44.8 Å². The lowest BCUT2D eigenvalue weighted by Crippen LogP contribution is -3.14. The number of amides is 1. The number of thiophene rings is 1. The summed E-state index contributed by atoms with van der Waals surface area (Å²) in [5.41, 5.74) is 2.56. The molecule has 2 heterocycles. The summed E-state index contributed by atoms with van der Waals surface area (Å²) in [7, 11) is 0. The Morgan fingerprint density at radius 1 is 1.13 bits per heavy atom.